The van der Waals surface area contributed by atoms with Gasteiger partial charge in [-0.05, 0) is 58.7 Å². The van der Waals surface area contributed by atoms with Gasteiger partial charge >= 0.3 is 0 Å². The van der Waals surface area contributed by atoms with Crippen LogP contribution in [0.25, 0.3) is 0 Å². The minimum Gasteiger partial charge on any atom is -0.396 e. The Morgan fingerprint density at radius 2 is 1.95 bits per heavy atom. The summed E-state index contributed by atoms with van der Waals surface area (Å²) in [5, 5.41) is 0.465. The van der Waals surface area contributed by atoms with E-state index in [1.807, 2.05) is 0 Å². The molecule has 0 fully saturated rings. The van der Waals surface area contributed by atoms with Gasteiger partial charge < -0.3 is 5.73 Å². The molecule has 2 aromatic carbocycles. The van der Waals surface area contributed by atoms with E-state index >= 15 is 0 Å². The lowest BCUT2D eigenvalue weighted by molar-refractivity contribution is 0.599. The van der Waals surface area contributed by atoms with Crippen molar-refractivity contribution in [2.75, 3.05) is 10.5 Å². The second kappa shape index (κ2) is 5.82. The third-order valence-corrected chi connectivity index (χ3v) is 4.98. The molecule has 0 heterocycles. The number of nitrogen functional groups attached to an aromatic ring is 1. The van der Waals surface area contributed by atoms with Crippen LogP contribution in [0.4, 0.5) is 15.8 Å². The Morgan fingerprint density at radius 1 is 1.29 bits per heavy atom. The van der Waals surface area contributed by atoms with Gasteiger partial charge in [0.15, 0.2) is 0 Å². The summed E-state index contributed by atoms with van der Waals surface area (Å²) in [6.45, 7) is 1.45. The van der Waals surface area contributed by atoms with Gasteiger partial charge in [-0.3, -0.25) is 4.72 Å². The number of nitrogens with one attached hydrogen (secondary N) is 1. The SMILES string of the molecule is Cc1cc(S(=O)(=O)Nc2ccc(Cl)cc2Br)cc(N)c1F. The first-order valence-electron chi connectivity index (χ1n) is 5.74. The molecule has 8 heteroatoms. The van der Waals surface area contributed by atoms with Gasteiger partial charge in [0.25, 0.3) is 10.0 Å². The Balaban J connectivity index is 2.43. The molecule has 4 nitrogen and oxygen atoms in total. The molecule has 0 aromatic heterocycles. The predicted molar refractivity (Wildman–Crippen MR) is 85.5 cm³/mol. The van der Waals surface area contributed by atoms with E-state index < -0.39 is 15.8 Å². The largest absolute Gasteiger partial charge is 0.396 e. The molecule has 0 saturated carbocycles. The fourth-order valence-electron chi connectivity index (χ4n) is 1.69. The Labute approximate surface area is 135 Å². The van der Waals surface area contributed by atoms with Crippen molar-refractivity contribution < 1.29 is 12.8 Å². The van der Waals surface area contributed by atoms with Gasteiger partial charge in [0.2, 0.25) is 0 Å². The maximum Gasteiger partial charge on any atom is 0.262 e. The lowest BCUT2D eigenvalue weighted by Crippen LogP contribution is -2.14. The molecule has 0 aliphatic carbocycles. The van der Waals surface area contributed by atoms with E-state index in [9.17, 15) is 12.8 Å². The van der Waals surface area contributed by atoms with E-state index in [1.54, 1.807) is 12.1 Å². The van der Waals surface area contributed by atoms with Gasteiger partial charge in [0.1, 0.15) is 5.82 Å². The summed E-state index contributed by atoms with van der Waals surface area (Å²) in [5.41, 5.74) is 5.73. The van der Waals surface area contributed by atoms with Gasteiger partial charge in [-0.15, -0.1) is 0 Å². The first-order chi connectivity index (χ1) is 9.70. The third-order valence-electron chi connectivity index (χ3n) is 2.74. The minimum atomic E-state index is -3.88. The standard InChI is InChI=1S/C13H11BrClFN2O2S/c1-7-4-9(6-11(17)13(7)16)21(19,20)18-12-3-2-8(15)5-10(12)14/h2-6,18H,17H2,1H3. The fourth-order valence-corrected chi connectivity index (χ4v) is 3.81. The van der Waals surface area contributed by atoms with Gasteiger partial charge in [0, 0.05) is 9.50 Å². The van der Waals surface area contributed by atoms with Crippen molar-refractivity contribution in [1.29, 1.82) is 0 Å². The molecule has 0 amide bonds. The van der Waals surface area contributed by atoms with Crippen LogP contribution in [0.2, 0.25) is 5.02 Å². The number of benzene rings is 2. The van der Waals surface area contributed by atoms with Crippen molar-refractivity contribution in [2.45, 2.75) is 11.8 Å². The van der Waals surface area contributed by atoms with Gasteiger partial charge in [-0.2, -0.15) is 0 Å². The maximum absolute atomic E-state index is 13.5. The molecule has 2 aromatic rings. The van der Waals surface area contributed by atoms with Crippen LogP contribution in [0.15, 0.2) is 39.7 Å². The summed E-state index contributed by atoms with van der Waals surface area (Å²) < 4.78 is 41.0. The van der Waals surface area contributed by atoms with Crippen LogP contribution in [0.1, 0.15) is 5.56 Å². The highest BCUT2D eigenvalue weighted by Gasteiger charge is 2.18. The zero-order valence-corrected chi connectivity index (χ0v) is 14.0. The van der Waals surface area contributed by atoms with Crippen LogP contribution in [-0.2, 0) is 10.0 Å². The van der Waals surface area contributed by atoms with Crippen molar-refractivity contribution in [3.8, 4) is 0 Å². The Kier molecular flexibility index (Phi) is 4.46. The molecule has 0 bridgehead atoms. The number of anilines is 2. The Morgan fingerprint density at radius 3 is 2.52 bits per heavy atom. The molecule has 0 saturated heterocycles. The van der Waals surface area contributed by atoms with Crippen LogP contribution in [0.5, 0.6) is 0 Å². The summed E-state index contributed by atoms with van der Waals surface area (Å²) in [5.74, 6) is -0.623. The second-order valence-electron chi connectivity index (χ2n) is 4.37. The zero-order valence-electron chi connectivity index (χ0n) is 10.8. The average Bonchev–Trinajstić information content (AvgIpc) is 2.38. The summed E-state index contributed by atoms with van der Waals surface area (Å²) in [7, 11) is -3.88. The first kappa shape index (κ1) is 16.1. The number of hydrogen-bond donors (Lipinski definition) is 2. The highest BCUT2D eigenvalue weighted by Crippen LogP contribution is 2.29. The average molecular weight is 394 g/mol. The molecule has 0 aliphatic rings. The molecular weight excluding hydrogens is 383 g/mol. The fraction of sp³-hybridized carbons (Fsp3) is 0.0769. The summed E-state index contributed by atoms with van der Waals surface area (Å²) in [6, 6.07) is 6.92. The summed E-state index contributed by atoms with van der Waals surface area (Å²) in [4.78, 5) is -0.110. The zero-order chi connectivity index (χ0) is 15.8. The second-order valence-corrected chi connectivity index (χ2v) is 7.35. The normalized spacial score (nSPS) is 11.4. The molecule has 3 N–H and O–H groups in total. The van der Waals surface area contributed by atoms with Crippen LogP contribution in [-0.4, -0.2) is 8.42 Å². The minimum absolute atomic E-state index is 0.110. The summed E-state index contributed by atoms with van der Waals surface area (Å²) >= 11 is 9.02. The van der Waals surface area contributed by atoms with E-state index in [0.29, 0.717) is 15.2 Å². The molecule has 2 rings (SSSR count). The highest BCUT2D eigenvalue weighted by atomic mass is 79.9. The van der Waals surface area contributed by atoms with Crippen LogP contribution < -0.4 is 10.5 Å². The first-order valence-corrected chi connectivity index (χ1v) is 8.39. The van der Waals surface area contributed by atoms with Gasteiger partial charge in [0.05, 0.1) is 16.3 Å². The number of rotatable bonds is 3. The molecular formula is C13H11BrClFN2O2S. The van der Waals surface area contributed by atoms with Crippen molar-refractivity contribution >= 4 is 48.9 Å². The van der Waals surface area contributed by atoms with E-state index in [-0.39, 0.29) is 16.1 Å². The summed E-state index contributed by atoms with van der Waals surface area (Å²) in [6.07, 6.45) is 0. The van der Waals surface area contributed by atoms with Crippen LogP contribution in [0.3, 0.4) is 0 Å². The number of aryl methyl sites for hydroxylation is 1. The third kappa shape index (κ3) is 3.48. The molecule has 112 valence electrons. The molecule has 0 spiro atoms. The molecule has 0 aliphatic heterocycles. The van der Waals surface area contributed by atoms with Crippen molar-refractivity contribution in [2.24, 2.45) is 0 Å². The lowest BCUT2D eigenvalue weighted by Gasteiger charge is -2.11. The van der Waals surface area contributed by atoms with E-state index in [2.05, 4.69) is 20.7 Å². The molecule has 0 unspecified atom stereocenters. The lowest BCUT2D eigenvalue weighted by atomic mass is 10.2. The molecule has 0 radical (unpaired) electrons. The van der Waals surface area contributed by atoms with E-state index in [1.165, 1.54) is 19.1 Å². The topological polar surface area (TPSA) is 72.2 Å². The predicted octanol–water partition coefficient (Wildman–Crippen LogP) is 3.93. The molecule has 0 atom stereocenters. The smallest absolute Gasteiger partial charge is 0.262 e. The Hall–Kier alpha value is -1.31. The number of nitrogens with two attached hydrogens (primary N) is 1. The Bertz CT molecular complexity index is 789. The highest BCUT2D eigenvalue weighted by molar-refractivity contribution is 9.10. The number of sulfonamides is 1. The van der Waals surface area contributed by atoms with E-state index in [0.717, 1.165) is 6.07 Å². The number of halogens is 3. The van der Waals surface area contributed by atoms with Gasteiger partial charge in [-0.1, -0.05) is 11.6 Å². The quantitative estimate of drug-likeness (QED) is 0.776. The van der Waals surface area contributed by atoms with Crippen molar-refractivity contribution in [1.82, 2.24) is 0 Å². The maximum atomic E-state index is 13.5. The van der Waals surface area contributed by atoms with Crippen molar-refractivity contribution in [3.05, 3.63) is 51.2 Å². The molecule has 21 heavy (non-hydrogen) atoms. The monoisotopic (exact) mass is 392 g/mol. The van der Waals surface area contributed by atoms with Gasteiger partial charge in [-0.25, -0.2) is 12.8 Å². The van der Waals surface area contributed by atoms with Crippen LogP contribution >= 0.6 is 27.5 Å². The van der Waals surface area contributed by atoms with E-state index in [4.69, 9.17) is 17.3 Å². The van der Waals surface area contributed by atoms with Crippen molar-refractivity contribution in [3.63, 3.8) is 0 Å². The number of hydrogen-bond acceptors (Lipinski definition) is 3. The van der Waals surface area contributed by atoms with Crippen LogP contribution in [0, 0.1) is 12.7 Å².